The molecule has 1 N–H and O–H groups in total. The van der Waals surface area contributed by atoms with Crippen molar-refractivity contribution in [1.82, 2.24) is 14.5 Å². The van der Waals surface area contributed by atoms with Gasteiger partial charge in [0.1, 0.15) is 11.3 Å². The van der Waals surface area contributed by atoms with Gasteiger partial charge in [0.15, 0.2) is 0 Å². The van der Waals surface area contributed by atoms with Crippen molar-refractivity contribution in [2.45, 2.75) is 13.3 Å². The summed E-state index contributed by atoms with van der Waals surface area (Å²) in [6.07, 6.45) is 4.18. The maximum atomic E-state index is 9.19. The molecule has 19 heavy (non-hydrogen) atoms. The van der Waals surface area contributed by atoms with Gasteiger partial charge < -0.3 is 5.11 Å². The van der Waals surface area contributed by atoms with E-state index in [2.05, 4.69) is 20.6 Å². The van der Waals surface area contributed by atoms with Crippen LogP contribution >= 0.6 is 0 Å². The number of fused-ring (bicyclic) bond motifs is 1. The van der Waals surface area contributed by atoms with E-state index in [9.17, 15) is 5.11 Å². The predicted molar refractivity (Wildman–Crippen MR) is 74.4 cm³/mol. The number of rotatable bonds is 3. The fraction of sp³-hybridized carbons (Fsp3) is 0.200. The lowest BCUT2D eigenvalue weighted by molar-refractivity contribution is 0.299. The molecule has 0 bridgehead atoms. The summed E-state index contributed by atoms with van der Waals surface area (Å²) in [5.41, 5.74) is 4.11. The normalized spacial score (nSPS) is 11.1. The zero-order valence-corrected chi connectivity index (χ0v) is 10.7. The maximum absolute atomic E-state index is 9.19. The number of nitrogens with zero attached hydrogens (tertiary/aromatic N) is 3. The van der Waals surface area contributed by atoms with Crippen LogP contribution in [0.1, 0.15) is 11.4 Å². The molecule has 0 radical (unpaired) electrons. The van der Waals surface area contributed by atoms with E-state index in [0.29, 0.717) is 6.42 Å². The fourth-order valence-corrected chi connectivity index (χ4v) is 2.42. The van der Waals surface area contributed by atoms with Crippen LogP contribution in [-0.2, 0) is 6.42 Å². The van der Waals surface area contributed by atoms with Crippen LogP contribution in [-0.4, -0.2) is 26.2 Å². The van der Waals surface area contributed by atoms with Gasteiger partial charge in [0.2, 0.25) is 0 Å². The lowest BCUT2D eigenvalue weighted by Crippen LogP contribution is -2.03. The van der Waals surface area contributed by atoms with Gasteiger partial charge in [-0.15, -0.1) is 0 Å². The highest BCUT2D eigenvalue weighted by Crippen LogP contribution is 2.23. The third-order valence-electron chi connectivity index (χ3n) is 3.24. The molecule has 0 aliphatic carbocycles. The molecule has 0 spiro atoms. The number of pyridine rings is 1. The minimum absolute atomic E-state index is 0.143. The number of hydrogen-bond donors (Lipinski definition) is 1. The van der Waals surface area contributed by atoms with Crippen LogP contribution in [0.3, 0.4) is 0 Å². The number of aliphatic hydroxyl groups excluding tert-OH is 1. The molecule has 0 aliphatic heterocycles. The summed E-state index contributed by atoms with van der Waals surface area (Å²) in [6, 6.07) is 10.1. The van der Waals surface area contributed by atoms with E-state index in [4.69, 9.17) is 0 Å². The number of aryl methyl sites for hydroxylation is 1. The standard InChI is InChI=1S/C15H15N3O/c1-11-17-13-10-16-8-6-15(13)18(11)14-5-3-2-4-12(14)7-9-19/h2-6,8,10,19H,7,9H2,1H3. The molecular weight excluding hydrogens is 238 g/mol. The first-order valence-electron chi connectivity index (χ1n) is 6.29. The minimum atomic E-state index is 0.143. The molecule has 0 aliphatic rings. The number of benzene rings is 1. The molecule has 3 aromatic rings. The first kappa shape index (κ1) is 11.9. The van der Waals surface area contributed by atoms with E-state index < -0.39 is 0 Å². The second kappa shape index (κ2) is 4.82. The van der Waals surface area contributed by atoms with Gasteiger partial charge in [-0.3, -0.25) is 9.55 Å². The highest BCUT2D eigenvalue weighted by atomic mass is 16.2. The lowest BCUT2D eigenvalue weighted by Gasteiger charge is -2.12. The average molecular weight is 253 g/mol. The van der Waals surface area contributed by atoms with E-state index in [1.165, 1.54) is 0 Å². The Bertz CT molecular complexity index is 718. The molecule has 4 heteroatoms. The van der Waals surface area contributed by atoms with Crippen LogP contribution in [0.15, 0.2) is 42.7 Å². The Hall–Kier alpha value is -2.20. The van der Waals surface area contributed by atoms with Crippen molar-refractivity contribution in [3.8, 4) is 5.69 Å². The Kier molecular flexibility index (Phi) is 3.01. The molecule has 0 saturated heterocycles. The maximum Gasteiger partial charge on any atom is 0.111 e. The molecule has 0 unspecified atom stereocenters. The van der Waals surface area contributed by atoms with Gasteiger partial charge in [0.25, 0.3) is 0 Å². The molecule has 0 amide bonds. The summed E-state index contributed by atoms with van der Waals surface area (Å²) < 4.78 is 2.11. The van der Waals surface area contributed by atoms with Gasteiger partial charge in [-0.25, -0.2) is 4.98 Å². The van der Waals surface area contributed by atoms with E-state index in [0.717, 1.165) is 28.1 Å². The van der Waals surface area contributed by atoms with Crippen molar-refractivity contribution in [3.63, 3.8) is 0 Å². The van der Waals surface area contributed by atoms with Crippen LogP contribution in [0.25, 0.3) is 16.7 Å². The number of imidazole rings is 1. The van der Waals surface area contributed by atoms with E-state index in [1.54, 1.807) is 12.4 Å². The number of hydrogen-bond acceptors (Lipinski definition) is 3. The Morgan fingerprint density at radius 2 is 2.05 bits per heavy atom. The van der Waals surface area contributed by atoms with E-state index >= 15 is 0 Å². The summed E-state index contributed by atoms with van der Waals surface area (Å²) in [7, 11) is 0. The summed E-state index contributed by atoms with van der Waals surface area (Å²) >= 11 is 0. The Labute approximate surface area is 111 Å². The zero-order valence-electron chi connectivity index (χ0n) is 10.7. The number of para-hydroxylation sites is 1. The Balaban J connectivity index is 2.27. The smallest absolute Gasteiger partial charge is 0.111 e. The lowest BCUT2D eigenvalue weighted by atomic mass is 10.1. The highest BCUT2D eigenvalue weighted by Gasteiger charge is 2.11. The average Bonchev–Trinajstić information content (AvgIpc) is 2.76. The summed E-state index contributed by atoms with van der Waals surface area (Å²) in [6.45, 7) is 2.12. The van der Waals surface area contributed by atoms with Crippen molar-refractivity contribution in [3.05, 3.63) is 54.1 Å². The molecular formula is C15H15N3O. The third kappa shape index (κ3) is 2.00. The van der Waals surface area contributed by atoms with Crippen molar-refractivity contribution in [2.24, 2.45) is 0 Å². The summed E-state index contributed by atoms with van der Waals surface area (Å²) in [5, 5.41) is 9.19. The van der Waals surface area contributed by atoms with Crippen molar-refractivity contribution < 1.29 is 5.11 Å². The van der Waals surface area contributed by atoms with Crippen LogP contribution in [0.5, 0.6) is 0 Å². The highest BCUT2D eigenvalue weighted by molar-refractivity contribution is 5.77. The SMILES string of the molecule is Cc1nc2cnccc2n1-c1ccccc1CCO. The molecule has 1 aromatic carbocycles. The van der Waals surface area contributed by atoms with Crippen LogP contribution in [0.4, 0.5) is 0 Å². The zero-order chi connectivity index (χ0) is 13.2. The van der Waals surface area contributed by atoms with Gasteiger partial charge in [0, 0.05) is 12.8 Å². The van der Waals surface area contributed by atoms with Crippen molar-refractivity contribution in [2.75, 3.05) is 6.61 Å². The quantitative estimate of drug-likeness (QED) is 0.779. The molecule has 3 rings (SSSR count). The van der Waals surface area contributed by atoms with Crippen LogP contribution in [0.2, 0.25) is 0 Å². The summed E-state index contributed by atoms with van der Waals surface area (Å²) in [5.74, 6) is 0.924. The topological polar surface area (TPSA) is 50.9 Å². The molecule has 0 fully saturated rings. The van der Waals surface area contributed by atoms with Gasteiger partial charge in [-0.1, -0.05) is 18.2 Å². The minimum Gasteiger partial charge on any atom is -0.396 e. The molecule has 0 saturated carbocycles. The number of aromatic nitrogens is 3. The summed E-state index contributed by atoms with van der Waals surface area (Å²) in [4.78, 5) is 8.63. The number of aliphatic hydroxyl groups is 1. The molecule has 0 atom stereocenters. The van der Waals surface area contributed by atoms with Crippen LogP contribution in [0, 0.1) is 6.92 Å². The second-order valence-corrected chi connectivity index (χ2v) is 4.46. The Morgan fingerprint density at radius 1 is 1.21 bits per heavy atom. The monoisotopic (exact) mass is 253 g/mol. The van der Waals surface area contributed by atoms with E-state index in [-0.39, 0.29) is 6.61 Å². The van der Waals surface area contributed by atoms with Gasteiger partial charge in [0.05, 0.1) is 17.4 Å². The second-order valence-electron chi connectivity index (χ2n) is 4.46. The molecule has 96 valence electrons. The predicted octanol–water partition coefficient (Wildman–Crippen LogP) is 2.26. The van der Waals surface area contributed by atoms with Crippen molar-refractivity contribution >= 4 is 11.0 Å². The largest absolute Gasteiger partial charge is 0.396 e. The molecule has 2 aromatic heterocycles. The first-order chi connectivity index (χ1) is 9.31. The molecule has 2 heterocycles. The van der Waals surface area contributed by atoms with Gasteiger partial charge in [-0.2, -0.15) is 0 Å². The Morgan fingerprint density at radius 3 is 2.89 bits per heavy atom. The molecule has 4 nitrogen and oxygen atoms in total. The third-order valence-corrected chi connectivity index (χ3v) is 3.24. The van der Waals surface area contributed by atoms with Crippen LogP contribution < -0.4 is 0 Å². The van der Waals surface area contributed by atoms with Crippen molar-refractivity contribution in [1.29, 1.82) is 0 Å². The fourth-order valence-electron chi connectivity index (χ4n) is 2.42. The van der Waals surface area contributed by atoms with E-state index in [1.807, 2.05) is 31.2 Å². The van der Waals surface area contributed by atoms with Gasteiger partial charge in [-0.05, 0) is 31.0 Å². The van der Waals surface area contributed by atoms with Gasteiger partial charge >= 0.3 is 0 Å². The first-order valence-corrected chi connectivity index (χ1v) is 6.29.